The molecule has 0 aliphatic carbocycles. The Morgan fingerprint density at radius 1 is 1.28 bits per heavy atom. The van der Waals surface area contributed by atoms with Crippen LogP contribution < -0.4 is 0 Å². The third-order valence-corrected chi connectivity index (χ3v) is 4.74. The van der Waals surface area contributed by atoms with Crippen molar-refractivity contribution in [3.8, 4) is 0 Å². The Kier molecular flexibility index (Phi) is 5.16. The van der Waals surface area contributed by atoms with E-state index in [-0.39, 0.29) is 18.4 Å². The normalized spacial score (nSPS) is 17.0. The zero-order chi connectivity index (χ0) is 17.8. The first-order valence-corrected chi connectivity index (χ1v) is 8.71. The Balaban J connectivity index is 1.82. The summed E-state index contributed by atoms with van der Waals surface area (Å²) in [6.45, 7) is 3.24. The minimum absolute atomic E-state index is 0.00531. The van der Waals surface area contributed by atoms with Crippen LogP contribution in [-0.2, 0) is 17.8 Å². The molecule has 1 fully saturated rings. The summed E-state index contributed by atoms with van der Waals surface area (Å²) in [7, 11) is 0. The van der Waals surface area contributed by atoms with Gasteiger partial charge >= 0.3 is 5.97 Å². The van der Waals surface area contributed by atoms with Crippen molar-refractivity contribution in [1.82, 2.24) is 14.7 Å². The summed E-state index contributed by atoms with van der Waals surface area (Å²) >= 11 is 0. The maximum absolute atomic E-state index is 13.0. The highest BCUT2D eigenvalue weighted by molar-refractivity contribution is 5.95. The standard InChI is InChI=1S/C19H23N3O3/c1-2-17-16(12-20-22(17)13-14-7-4-3-5-8-14)19(25)21-10-6-9-15(21)11-18(23)24/h3-5,7-8,12,15H,2,6,9-11,13H2,1H3,(H,23,24). The molecule has 1 saturated heterocycles. The first kappa shape index (κ1) is 17.2. The minimum atomic E-state index is -0.861. The number of nitrogens with zero attached hydrogens (tertiary/aromatic N) is 3. The van der Waals surface area contributed by atoms with Crippen molar-refractivity contribution in [3.05, 3.63) is 53.3 Å². The van der Waals surface area contributed by atoms with E-state index in [0.717, 1.165) is 24.1 Å². The smallest absolute Gasteiger partial charge is 0.305 e. The Labute approximate surface area is 147 Å². The summed E-state index contributed by atoms with van der Waals surface area (Å²) < 4.78 is 1.87. The van der Waals surface area contributed by atoms with Gasteiger partial charge in [-0.3, -0.25) is 14.3 Å². The van der Waals surface area contributed by atoms with E-state index >= 15 is 0 Å². The summed E-state index contributed by atoms with van der Waals surface area (Å²) in [6, 6.07) is 9.79. The number of amides is 1. The van der Waals surface area contributed by atoms with Crippen LogP contribution in [0.15, 0.2) is 36.5 Å². The molecule has 1 aromatic heterocycles. The summed E-state index contributed by atoms with van der Waals surface area (Å²) in [5.41, 5.74) is 2.62. The zero-order valence-electron chi connectivity index (χ0n) is 14.4. The van der Waals surface area contributed by atoms with Gasteiger partial charge < -0.3 is 10.0 Å². The highest BCUT2D eigenvalue weighted by Crippen LogP contribution is 2.24. The molecule has 1 atom stereocenters. The van der Waals surface area contributed by atoms with Crippen LogP contribution in [0.4, 0.5) is 0 Å². The molecule has 2 heterocycles. The molecular formula is C19H23N3O3. The Hall–Kier alpha value is -2.63. The van der Waals surface area contributed by atoms with Crippen LogP contribution in [0.5, 0.6) is 0 Å². The van der Waals surface area contributed by atoms with E-state index in [1.807, 2.05) is 41.9 Å². The number of aromatic nitrogens is 2. The Morgan fingerprint density at radius 2 is 2.04 bits per heavy atom. The van der Waals surface area contributed by atoms with E-state index in [0.29, 0.717) is 25.1 Å². The van der Waals surface area contributed by atoms with Gasteiger partial charge in [-0.15, -0.1) is 0 Å². The predicted molar refractivity (Wildman–Crippen MR) is 93.5 cm³/mol. The first-order valence-electron chi connectivity index (χ1n) is 8.71. The average Bonchev–Trinajstić information content (AvgIpc) is 3.21. The van der Waals surface area contributed by atoms with E-state index in [9.17, 15) is 9.59 Å². The summed E-state index contributed by atoms with van der Waals surface area (Å²) in [4.78, 5) is 25.7. The largest absolute Gasteiger partial charge is 0.481 e. The average molecular weight is 341 g/mol. The third-order valence-electron chi connectivity index (χ3n) is 4.74. The molecule has 1 aliphatic rings. The highest BCUT2D eigenvalue weighted by atomic mass is 16.4. The fourth-order valence-corrected chi connectivity index (χ4v) is 3.53. The molecule has 1 N–H and O–H groups in total. The number of rotatable bonds is 6. The maximum Gasteiger partial charge on any atom is 0.305 e. The molecule has 1 unspecified atom stereocenters. The predicted octanol–water partition coefficient (Wildman–Crippen LogP) is 2.57. The molecule has 1 amide bonds. The second kappa shape index (κ2) is 7.51. The second-order valence-corrected chi connectivity index (χ2v) is 6.39. The number of carboxylic acid groups (broad SMARTS) is 1. The molecule has 0 saturated carbocycles. The Bertz CT molecular complexity index is 755. The van der Waals surface area contributed by atoms with Crippen LogP contribution in [0, 0.1) is 0 Å². The number of carbonyl (C=O) groups excluding carboxylic acids is 1. The summed E-state index contributed by atoms with van der Waals surface area (Å²) in [6.07, 6.45) is 3.93. The van der Waals surface area contributed by atoms with Gasteiger partial charge in [0, 0.05) is 12.6 Å². The molecule has 0 spiro atoms. The molecule has 3 rings (SSSR count). The lowest BCUT2D eigenvalue weighted by molar-refractivity contribution is -0.137. The van der Waals surface area contributed by atoms with Crippen LogP contribution in [0.2, 0.25) is 0 Å². The maximum atomic E-state index is 13.0. The molecule has 0 radical (unpaired) electrons. The monoisotopic (exact) mass is 341 g/mol. The molecule has 132 valence electrons. The van der Waals surface area contributed by atoms with Gasteiger partial charge in [-0.25, -0.2) is 0 Å². The van der Waals surface area contributed by atoms with Crippen molar-refractivity contribution in [3.63, 3.8) is 0 Å². The molecule has 1 aliphatic heterocycles. The van der Waals surface area contributed by atoms with Crippen molar-refractivity contribution >= 4 is 11.9 Å². The third kappa shape index (κ3) is 3.73. The molecule has 6 nitrogen and oxygen atoms in total. The summed E-state index contributed by atoms with van der Waals surface area (Å²) in [5, 5.41) is 13.5. The lowest BCUT2D eigenvalue weighted by Crippen LogP contribution is -2.37. The van der Waals surface area contributed by atoms with Crippen LogP contribution >= 0.6 is 0 Å². The SMILES string of the molecule is CCc1c(C(=O)N2CCCC2CC(=O)O)cnn1Cc1ccccc1. The number of aliphatic carboxylic acids is 1. The number of hydrogen-bond donors (Lipinski definition) is 1. The number of likely N-dealkylation sites (tertiary alicyclic amines) is 1. The van der Waals surface area contributed by atoms with E-state index in [4.69, 9.17) is 5.11 Å². The topological polar surface area (TPSA) is 75.4 Å². The van der Waals surface area contributed by atoms with Gasteiger partial charge in [0.1, 0.15) is 0 Å². The van der Waals surface area contributed by atoms with E-state index in [2.05, 4.69) is 5.10 Å². The highest BCUT2D eigenvalue weighted by Gasteiger charge is 2.32. The van der Waals surface area contributed by atoms with Crippen LogP contribution in [-0.4, -0.2) is 44.3 Å². The molecule has 6 heteroatoms. The molecular weight excluding hydrogens is 318 g/mol. The van der Waals surface area contributed by atoms with E-state index in [1.165, 1.54) is 0 Å². The summed E-state index contributed by atoms with van der Waals surface area (Å²) in [5.74, 6) is -0.958. The number of carboxylic acids is 1. The van der Waals surface area contributed by atoms with Gasteiger partial charge in [-0.05, 0) is 24.8 Å². The van der Waals surface area contributed by atoms with Gasteiger partial charge in [-0.1, -0.05) is 37.3 Å². The van der Waals surface area contributed by atoms with Gasteiger partial charge in [0.05, 0.1) is 30.4 Å². The molecule has 0 bridgehead atoms. The fourth-order valence-electron chi connectivity index (χ4n) is 3.53. The van der Waals surface area contributed by atoms with Gasteiger partial charge in [0.2, 0.25) is 0 Å². The van der Waals surface area contributed by atoms with Crippen molar-refractivity contribution in [2.45, 2.75) is 45.2 Å². The number of benzene rings is 1. The minimum Gasteiger partial charge on any atom is -0.481 e. The van der Waals surface area contributed by atoms with Crippen LogP contribution in [0.3, 0.4) is 0 Å². The van der Waals surface area contributed by atoms with Gasteiger partial charge in [0.25, 0.3) is 5.91 Å². The Morgan fingerprint density at radius 3 is 2.72 bits per heavy atom. The zero-order valence-corrected chi connectivity index (χ0v) is 14.4. The molecule has 1 aromatic carbocycles. The quantitative estimate of drug-likeness (QED) is 0.876. The lowest BCUT2D eigenvalue weighted by Gasteiger charge is -2.23. The lowest BCUT2D eigenvalue weighted by atomic mass is 10.1. The van der Waals surface area contributed by atoms with Gasteiger partial charge in [0.15, 0.2) is 0 Å². The second-order valence-electron chi connectivity index (χ2n) is 6.39. The van der Waals surface area contributed by atoms with Crippen molar-refractivity contribution < 1.29 is 14.7 Å². The van der Waals surface area contributed by atoms with Crippen LogP contribution in [0.1, 0.15) is 47.8 Å². The molecule has 25 heavy (non-hydrogen) atoms. The van der Waals surface area contributed by atoms with Gasteiger partial charge in [-0.2, -0.15) is 5.10 Å². The first-order chi connectivity index (χ1) is 12.1. The number of carbonyl (C=O) groups is 2. The van der Waals surface area contributed by atoms with Crippen molar-refractivity contribution in [1.29, 1.82) is 0 Å². The van der Waals surface area contributed by atoms with E-state index in [1.54, 1.807) is 11.1 Å². The molecule has 2 aromatic rings. The van der Waals surface area contributed by atoms with E-state index < -0.39 is 5.97 Å². The van der Waals surface area contributed by atoms with Crippen LogP contribution in [0.25, 0.3) is 0 Å². The number of hydrogen-bond acceptors (Lipinski definition) is 3. The van der Waals surface area contributed by atoms with Crippen molar-refractivity contribution in [2.75, 3.05) is 6.54 Å². The fraction of sp³-hybridized carbons (Fsp3) is 0.421. The van der Waals surface area contributed by atoms with Crippen molar-refractivity contribution in [2.24, 2.45) is 0 Å².